The monoisotopic (exact) mass is 485 g/mol. The lowest BCUT2D eigenvalue weighted by molar-refractivity contribution is -0.174. The van der Waals surface area contributed by atoms with Gasteiger partial charge in [-0.15, -0.1) is 0 Å². The van der Waals surface area contributed by atoms with Crippen molar-refractivity contribution in [1.29, 1.82) is 0 Å². The molecular formula is C26H26F3N3O3. The summed E-state index contributed by atoms with van der Waals surface area (Å²) in [5.41, 5.74) is 2.94. The maximum Gasteiger partial charge on any atom is 0.471 e. The van der Waals surface area contributed by atoms with Crippen LogP contribution in [0.3, 0.4) is 0 Å². The van der Waals surface area contributed by atoms with Gasteiger partial charge in [0.15, 0.2) is 0 Å². The molecule has 1 heterocycles. The van der Waals surface area contributed by atoms with Crippen LogP contribution in [0.4, 0.5) is 13.2 Å². The van der Waals surface area contributed by atoms with Gasteiger partial charge in [-0.3, -0.25) is 4.79 Å². The van der Waals surface area contributed by atoms with Crippen LogP contribution in [0.25, 0.3) is 16.6 Å². The topological polar surface area (TPSA) is 76.4 Å². The second-order valence-corrected chi connectivity index (χ2v) is 7.81. The van der Waals surface area contributed by atoms with Crippen molar-refractivity contribution in [2.24, 2.45) is 0 Å². The van der Waals surface area contributed by atoms with Gasteiger partial charge in [0.25, 0.3) is 0 Å². The van der Waals surface area contributed by atoms with Gasteiger partial charge in [-0.2, -0.15) is 18.3 Å². The minimum absolute atomic E-state index is 0. The highest BCUT2D eigenvalue weighted by molar-refractivity contribution is 5.82. The third-order valence-electron chi connectivity index (χ3n) is 5.34. The van der Waals surface area contributed by atoms with Gasteiger partial charge in [-0.1, -0.05) is 49.9 Å². The number of fused-ring (bicyclic) bond motifs is 1. The number of carbonyl (C=O) groups is 1. The first kappa shape index (κ1) is 25.8. The molecule has 4 aromatic rings. The maximum atomic E-state index is 12.8. The Labute approximate surface area is 201 Å². The van der Waals surface area contributed by atoms with E-state index in [1.807, 2.05) is 29.6 Å². The quantitative estimate of drug-likeness (QED) is 0.371. The predicted octanol–water partition coefficient (Wildman–Crippen LogP) is 5.34. The smallest absolute Gasteiger partial charge is 0.471 e. The van der Waals surface area contributed by atoms with Crippen molar-refractivity contribution in [3.63, 3.8) is 0 Å². The Morgan fingerprint density at radius 1 is 1.09 bits per heavy atom. The van der Waals surface area contributed by atoms with Crippen molar-refractivity contribution >= 4 is 16.8 Å². The van der Waals surface area contributed by atoms with Crippen LogP contribution in [0.5, 0.6) is 5.75 Å². The van der Waals surface area contributed by atoms with Crippen LogP contribution in [-0.2, 0) is 11.4 Å². The molecule has 2 N–H and O–H groups in total. The standard InChI is InChI=1S/C25H22F3N3O3.CH4/c1-16(30-24(33)25(26,27)28)23(18-7-3-2-4-8-18)34-21-10-11-22-19(13-21)14-29-31(22)20-9-5-6-17(12-20)15-32;/h2-14,16,23,32H,15H2,1H3,(H,30,33);1H4/t16-,23-;/m0./s1. The van der Waals surface area contributed by atoms with Crippen LogP contribution in [0, 0.1) is 0 Å². The molecule has 0 aliphatic carbocycles. The summed E-state index contributed by atoms with van der Waals surface area (Å²) in [5.74, 6) is -1.61. The number of benzene rings is 3. The zero-order chi connectivity index (χ0) is 24.3. The van der Waals surface area contributed by atoms with Crippen molar-refractivity contribution < 1.29 is 27.8 Å². The van der Waals surface area contributed by atoms with Crippen LogP contribution < -0.4 is 10.1 Å². The van der Waals surface area contributed by atoms with Crippen LogP contribution in [-0.4, -0.2) is 33.0 Å². The summed E-state index contributed by atoms with van der Waals surface area (Å²) in [6.45, 7) is 1.38. The number of hydrogen-bond donors (Lipinski definition) is 2. The van der Waals surface area contributed by atoms with Crippen molar-refractivity contribution in [2.75, 3.05) is 0 Å². The van der Waals surface area contributed by atoms with Crippen molar-refractivity contribution in [3.05, 3.63) is 90.1 Å². The molecule has 6 nitrogen and oxygen atoms in total. The average molecular weight is 486 g/mol. The largest absolute Gasteiger partial charge is 0.484 e. The van der Waals surface area contributed by atoms with Crippen molar-refractivity contribution in [1.82, 2.24) is 15.1 Å². The lowest BCUT2D eigenvalue weighted by atomic mass is 10.0. The first-order valence-corrected chi connectivity index (χ1v) is 10.5. The second-order valence-electron chi connectivity index (χ2n) is 7.81. The van der Waals surface area contributed by atoms with E-state index in [-0.39, 0.29) is 14.0 Å². The number of nitrogens with one attached hydrogen (secondary N) is 1. The first-order valence-electron chi connectivity index (χ1n) is 10.5. The van der Waals surface area contributed by atoms with Crippen LogP contribution >= 0.6 is 0 Å². The molecule has 9 heteroatoms. The lowest BCUT2D eigenvalue weighted by Crippen LogP contribution is -2.45. The van der Waals surface area contributed by atoms with Gasteiger partial charge < -0.3 is 15.2 Å². The van der Waals surface area contributed by atoms with E-state index in [9.17, 15) is 23.1 Å². The molecule has 0 fully saturated rings. The molecule has 3 aromatic carbocycles. The van der Waals surface area contributed by atoms with Gasteiger partial charge in [0, 0.05) is 5.39 Å². The fourth-order valence-electron chi connectivity index (χ4n) is 3.69. The highest BCUT2D eigenvalue weighted by Gasteiger charge is 2.40. The van der Waals surface area contributed by atoms with Crippen LogP contribution in [0.15, 0.2) is 79.0 Å². The summed E-state index contributed by atoms with van der Waals surface area (Å²) in [6.07, 6.45) is -4.20. The zero-order valence-electron chi connectivity index (χ0n) is 18.2. The maximum absolute atomic E-state index is 12.8. The third kappa shape index (κ3) is 5.81. The fourth-order valence-corrected chi connectivity index (χ4v) is 3.69. The number of aromatic nitrogens is 2. The van der Waals surface area contributed by atoms with Gasteiger partial charge in [0.2, 0.25) is 0 Å². The van der Waals surface area contributed by atoms with Crippen LogP contribution in [0.1, 0.15) is 31.6 Å². The number of hydrogen-bond acceptors (Lipinski definition) is 4. The summed E-state index contributed by atoms with van der Waals surface area (Å²) < 4.78 is 46.2. The van der Waals surface area contributed by atoms with E-state index in [0.717, 1.165) is 22.2 Å². The molecular weight excluding hydrogens is 459 g/mol. The molecule has 0 saturated carbocycles. The van der Waals surface area contributed by atoms with E-state index < -0.39 is 24.2 Å². The van der Waals surface area contributed by atoms with E-state index in [1.54, 1.807) is 59.4 Å². The normalized spacial score (nSPS) is 13.1. The third-order valence-corrected chi connectivity index (χ3v) is 5.34. The zero-order valence-corrected chi connectivity index (χ0v) is 18.2. The highest BCUT2D eigenvalue weighted by Crippen LogP contribution is 2.29. The second kappa shape index (κ2) is 10.6. The molecule has 0 saturated heterocycles. The number of amides is 1. The summed E-state index contributed by atoms with van der Waals surface area (Å²) in [5, 5.41) is 16.6. The van der Waals surface area contributed by atoms with E-state index in [4.69, 9.17) is 4.74 Å². The number of rotatable bonds is 7. The van der Waals surface area contributed by atoms with Crippen molar-refractivity contribution in [2.45, 2.75) is 39.3 Å². The van der Waals surface area contributed by atoms with Crippen LogP contribution in [0.2, 0.25) is 0 Å². The van der Waals surface area contributed by atoms with Gasteiger partial charge in [0.05, 0.1) is 30.0 Å². The SMILES string of the molecule is C.C[C@H](NC(=O)C(F)(F)F)[C@H](Oc1ccc2c(cnn2-c2cccc(CO)c2)c1)c1ccccc1. The predicted molar refractivity (Wildman–Crippen MR) is 127 cm³/mol. The molecule has 0 spiro atoms. The summed E-state index contributed by atoms with van der Waals surface area (Å²) in [6, 6.07) is 20.3. The molecule has 1 aromatic heterocycles. The molecule has 0 radical (unpaired) electrons. The summed E-state index contributed by atoms with van der Waals surface area (Å²) in [7, 11) is 0. The molecule has 2 atom stereocenters. The Morgan fingerprint density at radius 3 is 2.51 bits per heavy atom. The average Bonchev–Trinajstić information content (AvgIpc) is 3.25. The van der Waals surface area contributed by atoms with Gasteiger partial charge in [0.1, 0.15) is 11.9 Å². The Morgan fingerprint density at radius 2 is 1.83 bits per heavy atom. The van der Waals surface area contributed by atoms with Crippen molar-refractivity contribution in [3.8, 4) is 11.4 Å². The van der Waals surface area contributed by atoms with Gasteiger partial charge in [-0.25, -0.2) is 4.68 Å². The number of alkyl halides is 3. The Bertz CT molecular complexity index is 1290. The number of aliphatic hydroxyl groups excluding tert-OH is 1. The molecule has 0 bridgehead atoms. The van der Waals surface area contributed by atoms with E-state index in [2.05, 4.69) is 5.10 Å². The minimum atomic E-state index is -4.99. The molecule has 4 rings (SSSR count). The summed E-state index contributed by atoms with van der Waals surface area (Å²) in [4.78, 5) is 11.5. The molecule has 0 aliphatic rings. The molecule has 35 heavy (non-hydrogen) atoms. The summed E-state index contributed by atoms with van der Waals surface area (Å²) >= 11 is 0. The molecule has 0 aliphatic heterocycles. The first-order chi connectivity index (χ1) is 16.3. The van der Waals surface area contributed by atoms with Gasteiger partial charge >= 0.3 is 12.1 Å². The van der Waals surface area contributed by atoms with E-state index in [1.165, 1.54) is 6.92 Å². The number of nitrogens with zero attached hydrogens (tertiary/aromatic N) is 2. The van der Waals surface area contributed by atoms with Gasteiger partial charge in [-0.05, 0) is 48.4 Å². The number of halogens is 3. The highest BCUT2D eigenvalue weighted by atomic mass is 19.4. The Balaban J connectivity index is 0.00000342. The van der Waals surface area contributed by atoms with E-state index >= 15 is 0 Å². The van der Waals surface area contributed by atoms with E-state index in [0.29, 0.717) is 11.3 Å². The Hall–Kier alpha value is -3.85. The lowest BCUT2D eigenvalue weighted by Gasteiger charge is -2.27. The minimum Gasteiger partial charge on any atom is -0.484 e. The molecule has 0 unspecified atom stereocenters. The molecule has 184 valence electrons. The Kier molecular flexibility index (Phi) is 7.81. The molecule has 1 amide bonds. The fraction of sp³-hybridized carbons (Fsp3) is 0.231. The number of aliphatic hydroxyl groups is 1. The number of carbonyl (C=O) groups excluding carboxylic acids is 1. The number of ether oxygens (including phenoxy) is 1.